The number of rotatable bonds is 6. The molecule has 1 aromatic carbocycles. The van der Waals surface area contributed by atoms with E-state index in [0.717, 1.165) is 5.03 Å². The average Bonchev–Trinajstić information content (AvgIpc) is 2.60. The second-order valence-corrected chi connectivity index (χ2v) is 5.98. The van der Waals surface area contributed by atoms with Crippen molar-refractivity contribution in [2.24, 2.45) is 0 Å². The molecule has 0 bridgehead atoms. The van der Waals surface area contributed by atoms with Gasteiger partial charge in [-0.3, -0.25) is 9.78 Å². The largest absolute Gasteiger partial charge is 0.352 e. The van der Waals surface area contributed by atoms with Gasteiger partial charge >= 0.3 is 0 Å². The smallest absolute Gasteiger partial charge is 0.252 e. The molecule has 0 amide bonds. The minimum atomic E-state index is -0.297. The molecular formula is C17H15FN4OS. The van der Waals surface area contributed by atoms with Crippen molar-refractivity contribution in [3.63, 3.8) is 0 Å². The number of anilines is 1. The van der Waals surface area contributed by atoms with Crippen molar-refractivity contribution in [1.29, 1.82) is 0 Å². The van der Waals surface area contributed by atoms with Crippen LogP contribution in [0.3, 0.4) is 0 Å². The highest BCUT2D eigenvalue weighted by atomic mass is 32.2. The summed E-state index contributed by atoms with van der Waals surface area (Å²) in [4.78, 5) is 22.9. The molecule has 0 aliphatic heterocycles. The monoisotopic (exact) mass is 342 g/mol. The number of pyridine rings is 1. The summed E-state index contributed by atoms with van der Waals surface area (Å²) in [6.45, 7) is 0.243. The van der Waals surface area contributed by atoms with Gasteiger partial charge in [0.05, 0.1) is 10.7 Å². The Balaban J connectivity index is 1.67. The van der Waals surface area contributed by atoms with Crippen LogP contribution in [0.25, 0.3) is 0 Å². The van der Waals surface area contributed by atoms with E-state index in [1.54, 1.807) is 24.4 Å². The first kappa shape index (κ1) is 16.2. The van der Waals surface area contributed by atoms with Crippen LogP contribution in [-0.2, 0) is 12.3 Å². The number of benzene rings is 1. The zero-order valence-corrected chi connectivity index (χ0v) is 13.5. The molecule has 0 fully saturated rings. The summed E-state index contributed by atoms with van der Waals surface area (Å²) in [6, 6.07) is 13.6. The zero-order chi connectivity index (χ0) is 16.8. The van der Waals surface area contributed by atoms with Crippen LogP contribution in [0.5, 0.6) is 0 Å². The van der Waals surface area contributed by atoms with Crippen molar-refractivity contribution in [3.8, 4) is 0 Å². The molecule has 122 valence electrons. The predicted octanol–water partition coefficient (Wildman–Crippen LogP) is 3.21. The Hall–Kier alpha value is -2.67. The van der Waals surface area contributed by atoms with E-state index in [-0.39, 0.29) is 17.9 Å². The number of nitrogens with one attached hydrogen (secondary N) is 2. The molecule has 2 heterocycles. The predicted molar refractivity (Wildman–Crippen MR) is 92.4 cm³/mol. The summed E-state index contributed by atoms with van der Waals surface area (Å²) in [5.41, 5.74) is 0.886. The van der Waals surface area contributed by atoms with Crippen LogP contribution in [0.2, 0.25) is 0 Å². The molecule has 7 heteroatoms. The Morgan fingerprint density at radius 3 is 2.79 bits per heavy atom. The number of thioether (sulfide) groups is 1. The van der Waals surface area contributed by atoms with Gasteiger partial charge in [0.2, 0.25) is 5.95 Å². The summed E-state index contributed by atoms with van der Waals surface area (Å²) >= 11 is 1.49. The first-order valence-corrected chi connectivity index (χ1v) is 8.30. The van der Waals surface area contributed by atoms with Crippen molar-refractivity contribution in [3.05, 3.63) is 82.2 Å². The van der Waals surface area contributed by atoms with Crippen LogP contribution in [0.15, 0.2) is 64.5 Å². The number of hydrogen-bond acceptors (Lipinski definition) is 5. The molecule has 2 aromatic heterocycles. The molecule has 0 atom stereocenters. The van der Waals surface area contributed by atoms with Gasteiger partial charge in [-0.25, -0.2) is 14.4 Å². The minimum absolute atomic E-state index is 0.243. The van der Waals surface area contributed by atoms with Crippen molar-refractivity contribution >= 4 is 17.7 Å². The summed E-state index contributed by atoms with van der Waals surface area (Å²) < 4.78 is 13.6. The fourth-order valence-corrected chi connectivity index (χ4v) is 2.82. The van der Waals surface area contributed by atoms with Gasteiger partial charge in [0.1, 0.15) is 5.82 Å². The van der Waals surface area contributed by atoms with Gasteiger partial charge in [-0.1, -0.05) is 24.3 Å². The second kappa shape index (κ2) is 7.74. The van der Waals surface area contributed by atoms with Gasteiger partial charge in [0.25, 0.3) is 5.56 Å². The van der Waals surface area contributed by atoms with Crippen LogP contribution in [0.4, 0.5) is 10.3 Å². The van der Waals surface area contributed by atoms with E-state index in [9.17, 15) is 9.18 Å². The molecule has 0 saturated heterocycles. The van der Waals surface area contributed by atoms with Gasteiger partial charge in [0.15, 0.2) is 0 Å². The van der Waals surface area contributed by atoms with E-state index < -0.39 is 0 Å². The first-order valence-electron chi connectivity index (χ1n) is 7.32. The van der Waals surface area contributed by atoms with E-state index in [0.29, 0.717) is 23.0 Å². The molecule has 3 aromatic rings. The third kappa shape index (κ3) is 4.42. The van der Waals surface area contributed by atoms with Gasteiger partial charge in [-0.2, -0.15) is 0 Å². The van der Waals surface area contributed by atoms with E-state index in [1.807, 2.05) is 18.2 Å². The van der Waals surface area contributed by atoms with Gasteiger partial charge < -0.3 is 5.32 Å². The normalized spacial score (nSPS) is 10.5. The van der Waals surface area contributed by atoms with Crippen LogP contribution in [0, 0.1) is 5.82 Å². The van der Waals surface area contributed by atoms with Crippen molar-refractivity contribution in [1.82, 2.24) is 15.0 Å². The maximum absolute atomic E-state index is 13.6. The molecular weight excluding hydrogens is 327 g/mol. The van der Waals surface area contributed by atoms with E-state index in [2.05, 4.69) is 20.3 Å². The third-order valence-electron chi connectivity index (χ3n) is 3.20. The molecule has 24 heavy (non-hydrogen) atoms. The summed E-state index contributed by atoms with van der Waals surface area (Å²) in [5.74, 6) is 0.548. The van der Waals surface area contributed by atoms with Gasteiger partial charge in [0, 0.05) is 30.1 Å². The van der Waals surface area contributed by atoms with E-state index >= 15 is 0 Å². The number of hydrogen-bond donors (Lipinski definition) is 2. The molecule has 3 rings (SSSR count). The van der Waals surface area contributed by atoms with Crippen LogP contribution < -0.4 is 10.9 Å². The summed E-state index contributed by atoms with van der Waals surface area (Å²) in [6.07, 6.45) is 1.72. The Morgan fingerprint density at radius 1 is 1.17 bits per heavy atom. The maximum atomic E-state index is 13.6. The number of H-pyrrole nitrogens is 1. The number of aromatic nitrogens is 3. The van der Waals surface area contributed by atoms with Crippen molar-refractivity contribution in [2.45, 2.75) is 17.3 Å². The Labute approximate surface area is 142 Å². The maximum Gasteiger partial charge on any atom is 0.252 e. The highest BCUT2D eigenvalue weighted by Gasteiger charge is 2.05. The van der Waals surface area contributed by atoms with Crippen LogP contribution in [-0.4, -0.2) is 15.0 Å². The Morgan fingerprint density at radius 2 is 2.00 bits per heavy atom. The zero-order valence-electron chi connectivity index (χ0n) is 12.7. The SMILES string of the molecule is O=c1cc(CSc2ccccn2)nc(NCc2ccccc2F)[nH]1. The second-order valence-electron chi connectivity index (χ2n) is 4.99. The number of halogens is 1. The summed E-state index contributed by atoms with van der Waals surface area (Å²) in [5, 5.41) is 3.81. The lowest BCUT2D eigenvalue weighted by atomic mass is 10.2. The Kier molecular flexibility index (Phi) is 5.22. The quantitative estimate of drug-likeness (QED) is 0.673. The highest BCUT2D eigenvalue weighted by Crippen LogP contribution is 2.19. The molecule has 0 radical (unpaired) electrons. The molecule has 0 unspecified atom stereocenters. The molecule has 0 spiro atoms. The molecule has 0 aliphatic carbocycles. The number of aromatic amines is 1. The Bertz CT molecular complexity index is 870. The topological polar surface area (TPSA) is 70.7 Å². The van der Waals surface area contributed by atoms with E-state index in [1.165, 1.54) is 23.9 Å². The molecule has 2 N–H and O–H groups in total. The fraction of sp³-hybridized carbons (Fsp3) is 0.118. The van der Waals surface area contributed by atoms with Crippen LogP contribution in [0.1, 0.15) is 11.3 Å². The third-order valence-corrected chi connectivity index (χ3v) is 4.18. The molecule has 5 nitrogen and oxygen atoms in total. The minimum Gasteiger partial charge on any atom is -0.352 e. The lowest BCUT2D eigenvalue weighted by Gasteiger charge is -2.08. The van der Waals surface area contributed by atoms with Gasteiger partial charge in [-0.15, -0.1) is 11.8 Å². The molecule has 0 saturated carbocycles. The standard InChI is InChI=1S/C17H15FN4OS/c18-14-6-2-1-5-12(14)10-20-17-21-13(9-15(23)22-17)11-24-16-7-3-4-8-19-16/h1-9H,10-11H2,(H2,20,21,22,23). The lowest BCUT2D eigenvalue weighted by molar-refractivity contribution is 0.612. The lowest BCUT2D eigenvalue weighted by Crippen LogP contribution is -2.14. The fourth-order valence-electron chi connectivity index (χ4n) is 2.07. The number of nitrogens with zero attached hydrogens (tertiary/aromatic N) is 2. The van der Waals surface area contributed by atoms with Gasteiger partial charge in [-0.05, 0) is 18.2 Å². The average molecular weight is 342 g/mol. The van der Waals surface area contributed by atoms with Crippen LogP contribution >= 0.6 is 11.8 Å². The summed E-state index contributed by atoms with van der Waals surface area (Å²) in [7, 11) is 0. The van der Waals surface area contributed by atoms with E-state index in [4.69, 9.17) is 0 Å². The molecule has 0 aliphatic rings. The first-order chi connectivity index (χ1) is 11.7. The van der Waals surface area contributed by atoms with Crippen molar-refractivity contribution in [2.75, 3.05) is 5.32 Å². The highest BCUT2D eigenvalue weighted by molar-refractivity contribution is 7.98. The van der Waals surface area contributed by atoms with Crippen molar-refractivity contribution < 1.29 is 4.39 Å².